The van der Waals surface area contributed by atoms with Crippen molar-refractivity contribution in [1.82, 2.24) is 0 Å². The third kappa shape index (κ3) is 3.70. The summed E-state index contributed by atoms with van der Waals surface area (Å²) in [4.78, 5) is 22.1. The minimum absolute atomic E-state index is 0.0309. The van der Waals surface area contributed by atoms with Crippen LogP contribution in [0.3, 0.4) is 0 Å². The molecular weight excluding hydrogens is 279 g/mol. The van der Waals surface area contributed by atoms with Crippen molar-refractivity contribution in [3.05, 3.63) is 34.9 Å². The Morgan fingerprint density at radius 1 is 1.40 bits per heavy atom. The molecule has 0 spiro atoms. The molecule has 0 aliphatic heterocycles. The van der Waals surface area contributed by atoms with Crippen LogP contribution in [0.5, 0.6) is 0 Å². The molecule has 3 N–H and O–H groups in total. The first-order chi connectivity index (χ1) is 9.16. The topological polar surface area (TPSA) is 89.6 Å². The predicted molar refractivity (Wildman–Crippen MR) is 62.1 cm³/mol. The van der Waals surface area contributed by atoms with Gasteiger partial charge in [-0.3, -0.25) is 4.79 Å². The number of carbonyl (C=O) groups is 2. The van der Waals surface area contributed by atoms with Gasteiger partial charge < -0.3 is 15.6 Å². The number of carboxylic acid groups (broad SMARTS) is 1. The second-order valence-electron chi connectivity index (χ2n) is 4.01. The summed E-state index contributed by atoms with van der Waals surface area (Å²) in [6.45, 7) is 0. The van der Waals surface area contributed by atoms with Crippen molar-refractivity contribution < 1.29 is 32.6 Å². The van der Waals surface area contributed by atoms with Crippen LogP contribution in [0.2, 0.25) is 0 Å². The van der Waals surface area contributed by atoms with Gasteiger partial charge in [-0.1, -0.05) is 6.07 Å². The van der Waals surface area contributed by atoms with Gasteiger partial charge in [-0.15, -0.1) is 0 Å². The molecule has 0 aliphatic rings. The largest absolute Gasteiger partial charge is 0.478 e. The number of hydrogen-bond acceptors (Lipinski definition) is 4. The molecule has 5 nitrogen and oxygen atoms in total. The number of methoxy groups -OCH3 is 1. The van der Waals surface area contributed by atoms with Gasteiger partial charge in [0.1, 0.15) is 6.04 Å². The van der Waals surface area contributed by atoms with Crippen LogP contribution in [0.1, 0.15) is 21.5 Å². The number of alkyl halides is 3. The Bertz CT molecular complexity index is 528. The Hall–Kier alpha value is -2.09. The molecule has 0 aliphatic carbocycles. The fraction of sp³-hybridized carbons (Fsp3) is 0.333. The first-order valence-corrected chi connectivity index (χ1v) is 5.43. The molecule has 0 amide bonds. The highest BCUT2D eigenvalue weighted by atomic mass is 19.4. The molecule has 8 heteroatoms. The van der Waals surface area contributed by atoms with Crippen molar-refractivity contribution in [2.24, 2.45) is 5.73 Å². The van der Waals surface area contributed by atoms with Gasteiger partial charge in [-0.25, -0.2) is 4.79 Å². The van der Waals surface area contributed by atoms with E-state index in [1.54, 1.807) is 0 Å². The molecule has 0 saturated heterocycles. The van der Waals surface area contributed by atoms with Crippen LogP contribution < -0.4 is 5.73 Å². The highest BCUT2D eigenvalue weighted by Gasteiger charge is 2.32. The standard InChI is InChI=1S/C12H12F3NO4/c1-20-11(19)9(16)4-6-2-3-7(12(13,14)15)5-8(6)10(17)18/h2-3,5,9H,4,16H2,1H3,(H,17,18)/t9-/m0/s1. The highest BCUT2D eigenvalue weighted by molar-refractivity contribution is 5.90. The summed E-state index contributed by atoms with van der Waals surface area (Å²) in [5, 5.41) is 8.94. The number of hydrogen-bond donors (Lipinski definition) is 2. The lowest BCUT2D eigenvalue weighted by atomic mass is 9.98. The van der Waals surface area contributed by atoms with Crippen LogP contribution in [-0.4, -0.2) is 30.2 Å². The number of benzene rings is 1. The van der Waals surface area contributed by atoms with Crippen molar-refractivity contribution >= 4 is 11.9 Å². The Morgan fingerprint density at radius 3 is 2.45 bits per heavy atom. The van der Waals surface area contributed by atoms with Gasteiger partial charge in [0.25, 0.3) is 0 Å². The van der Waals surface area contributed by atoms with Crippen LogP contribution in [0.4, 0.5) is 13.2 Å². The van der Waals surface area contributed by atoms with Crippen molar-refractivity contribution in [1.29, 1.82) is 0 Å². The summed E-state index contributed by atoms with van der Waals surface area (Å²) in [7, 11) is 1.10. The van der Waals surface area contributed by atoms with Crippen LogP contribution >= 0.6 is 0 Å². The molecule has 0 unspecified atom stereocenters. The zero-order chi connectivity index (χ0) is 15.5. The van der Waals surface area contributed by atoms with Gasteiger partial charge in [0, 0.05) is 0 Å². The minimum Gasteiger partial charge on any atom is -0.478 e. The van der Waals surface area contributed by atoms with E-state index in [0.29, 0.717) is 6.07 Å². The van der Waals surface area contributed by atoms with Crippen molar-refractivity contribution in [2.75, 3.05) is 7.11 Å². The SMILES string of the molecule is COC(=O)[C@@H](N)Cc1ccc(C(F)(F)F)cc1C(=O)O. The molecule has 0 aromatic heterocycles. The van der Waals surface area contributed by atoms with Crippen LogP contribution in [0, 0.1) is 0 Å². The van der Waals surface area contributed by atoms with Gasteiger partial charge in [0.2, 0.25) is 0 Å². The van der Waals surface area contributed by atoms with E-state index in [9.17, 15) is 22.8 Å². The fourth-order valence-corrected chi connectivity index (χ4v) is 1.60. The molecule has 0 bridgehead atoms. The summed E-state index contributed by atoms with van der Waals surface area (Å²) >= 11 is 0. The van der Waals surface area contributed by atoms with Crippen LogP contribution in [-0.2, 0) is 22.1 Å². The van der Waals surface area contributed by atoms with Gasteiger partial charge in [-0.2, -0.15) is 13.2 Å². The van der Waals surface area contributed by atoms with E-state index in [1.165, 1.54) is 0 Å². The number of halogens is 3. The summed E-state index contributed by atoms with van der Waals surface area (Å²) in [5.41, 5.74) is 3.87. The molecule has 1 aromatic rings. The molecule has 20 heavy (non-hydrogen) atoms. The van der Waals surface area contributed by atoms with E-state index in [1.807, 2.05) is 0 Å². The Balaban J connectivity index is 3.15. The van der Waals surface area contributed by atoms with E-state index in [4.69, 9.17) is 10.8 Å². The smallest absolute Gasteiger partial charge is 0.416 e. The van der Waals surface area contributed by atoms with E-state index < -0.39 is 35.3 Å². The first kappa shape index (κ1) is 16.0. The third-order valence-corrected chi connectivity index (χ3v) is 2.61. The quantitative estimate of drug-likeness (QED) is 0.819. The van der Waals surface area contributed by atoms with Crippen molar-refractivity contribution in [2.45, 2.75) is 18.6 Å². The van der Waals surface area contributed by atoms with E-state index in [0.717, 1.165) is 19.2 Å². The van der Waals surface area contributed by atoms with Crippen LogP contribution in [0.15, 0.2) is 18.2 Å². The zero-order valence-electron chi connectivity index (χ0n) is 10.4. The normalized spacial score (nSPS) is 12.8. The minimum atomic E-state index is -4.65. The fourth-order valence-electron chi connectivity index (χ4n) is 1.60. The van der Waals surface area contributed by atoms with Gasteiger partial charge in [0.15, 0.2) is 0 Å². The molecule has 1 rings (SSSR count). The molecule has 110 valence electrons. The van der Waals surface area contributed by atoms with Crippen LogP contribution in [0.25, 0.3) is 0 Å². The summed E-state index contributed by atoms with van der Waals surface area (Å²) in [6, 6.07) is 1.11. The lowest BCUT2D eigenvalue weighted by molar-refractivity contribution is -0.142. The first-order valence-electron chi connectivity index (χ1n) is 5.43. The number of carbonyl (C=O) groups excluding carboxylic acids is 1. The van der Waals surface area contributed by atoms with Gasteiger partial charge in [0.05, 0.1) is 18.2 Å². The Morgan fingerprint density at radius 2 is 2.00 bits per heavy atom. The molecule has 1 atom stereocenters. The average Bonchev–Trinajstić information content (AvgIpc) is 2.36. The number of nitrogens with two attached hydrogens (primary N) is 1. The Labute approximate surface area is 112 Å². The summed E-state index contributed by atoms with van der Waals surface area (Å²) in [6.07, 6.45) is -4.88. The number of ether oxygens (including phenoxy) is 1. The molecule has 0 saturated carbocycles. The lowest BCUT2D eigenvalue weighted by Crippen LogP contribution is -2.34. The van der Waals surface area contributed by atoms with E-state index >= 15 is 0 Å². The maximum Gasteiger partial charge on any atom is 0.416 e. The number of esters is 1. The second-order valence-corrected chi connectivity index (χ2v) is 4.01. The summed E-state index contributed by atoms with van der Waals surface area (Å²) < 4.78 is 41.9. The maximum atomic E-state index is 12.5. The number of aromatic carboxylic acids is 1. The average molecular weight is 291 g/mol. The highest BCUT2D eigenvalue weighted by Crippen LogP contribution is 2.30. The molecule has 0 radical (unpaired) electrons. The van der Waals surface area contributed by atoms with Crippen molar-refractivity contribution in [3.8, 4) is 0 Å². The molecule has 0 fully saturated rings. The molecular formula is C12H12F3NO4. The second kappa shape index (κ2) is 5.91. The third-order valence-electron chi connectivity index (χ3n) is 2.61. The maximum absolute atomic E-state index is 12.5. The summed E-state index contributed by atoms with van der Waals surface area (Å²) in [5.74, 6) is -2.30. The molecule has 0 heterocycles. The van der Waals surface area contributed by atoms with Crippen molar-refractivity contribution in [3.63, 3.8) is 0 Å². The zero-order valence-corrected chi connectivity index (χ0v) is 10.4. The Kier molecular flexibility index (Phi) is 4.72. The van der Waals surface area contributed by atoms with E-state index in [-0.39, 0.29) is 12.0 Å². The van der Waals surface area contributed by atoms with Gasteiger partial charge >= 0.3 is 18.1 Å². The van der Waals surface area contributed by atoms with Gasteiger partial charge in [-0.05, 0) is 24.1 Å². The molecule has 1 aromatic carbocycles. The number of rotatable bonds is 4. The monoisotopic (exact) mass is 291 g/mol. The number of carboxylic acids is 1. The van der Waals surface area contributed by atoms with E-state index in [2.05, 4.69) is 4.74 Å². The lowest BCUT2D eigenvalue weighted by Gasteiger charge is -2.13. The predicted octanol–water partition coefficient (Wildman–Crippen LogP) is 1.45.